The second-order valence-corrected chi connectivity index (χ2v) is 7.11. The summed E-state index contributed by atoms with van der Waals surface area (Å²) in [7, 11) is 0. The molecule has 0 spiro atoms. The third kappa shape index (κ3) is 3.77. The molecular formula is C17H20BrN3O3. The summed E-state index contributed by atoms with van der Waals surface area (Å²) in [5, 5.41) is 2.69. The lowest BCUT2D eigenvalue weighted by Crippen LogP contribution is -2.41. The lowest BCUT2D eigenvalue weighted by Gasteiger charge is -2.18. The molecule has 128 valence electrons. The van der Waals surface area contributed by atoms with Crippen LogP contribution in [0.1, 0.15) is 19.3 Å². The van der Waals surface area contributed by atoms with Crippen LogP contribution in [-0.2, 0) is 14.4 Å². The minimum atomic E-state index is -0.414. The van der Waals surface area contributed by atoms with E-state index in [1.54, 1.807) is 9.80 Å². The number of hydrogen-bond donors (Lipinski definition) is 1. The number of anilines is 1. The number of amides is 3. The van der Waals surface area contributed by atoms with Gasteiger partial charge < -0.3 is 15.1 Å². The van der Waals surface area contributed by atoms with Crippen molar-refractivity contribution in [2.75, 3.05) is 31.1 Å². The Bertz CT molecular complexity index is 658. The molecule has 0 radical (unpaired) electrons. The van der Waals surface area contributed by atoms with Crippen molar-refractivity contribution < 1.29 is 14.4 Å². The Kier molecular flexibility index (Phi) is 5.18. The molecule has 6 nitrogen and oxygen atoms in total. The van der Waals surface area contributed by atoms with E-state index in [0.29, 0.717) is 6.54 Å². The van der Waals surface area contributed by atoms with Gasteiger partial charge in [-0.05, 0) is 31.0 Å². The maximum Gasteiger partial charge on any atom is 0.241 e. The zero-order valence-corrected chi connectivity index (χ0v) is 14.9. The molecule has 2 aliphatic rings. The molecule has 1 N–H and O–H groups in total. The van der Waals surface area contributed by atoms with Crippen LogP contribution in [0, 0.1) is 5.92 Å². The third-order valence-corrected chi connectivity index (χ3v) is 4.98. The molecule has 2 heterocycles. The van der Waals surface area contributed by atoms with E-state index in [9.17, 15) is 14.4 Å². The van der Waals surface area contributed by atoms with Crippen LogP contribution in [0.2, 0.25) is 0 Å². The molecule has 0 aromatic heterocycles. The van der Waals surface area contributed by atoms with E-state index in [0.717, 1.165) is 36.1 Å². The maximum absolute atomic E-state index is 12.3. The quantitative estimate of drug-likeness (QED) is 0.843. The third-order valence-electron chi connectivity index (χ3n) is 4.49. The van der Waals surface area contributed by atoms with Crippen molar-refractivity contribution in [3.05, 3.63) is 28.7 Å². The van der Waals surface area contributed by atoms with E-state index >= 15 is 0 Å². The van der Waals surface area contributed by atoms with E-state index in [1.165, 1.54) is 0 Å². The summed E-state index contributed by atoms with van der Waals surface area (Å²) < 4.78 is 0.886. The molecule has 1 aromatic carbocycles. The number of benzene rings is 1. The van der Waals surface area contributed by atoms with Gasteiger partial charge in [0.15, 0.2) is 0 Å². The van der Waals surface area contributed by atoms with Crippen LogP contribution in [0.5, 0.6) is 0 Å². The fourth-order valence-electron chi connectivity index (χ4n) is 3.16. The average Bonchev–Trinajstić information content (AvgIpc) is 3.22. The molecule has 1 atom stereocenters. The Morgan fingerprint density at radius 2 is 2.00 bits per heavy atom. The molecule has 2 aliphatic heterocycles. The summed E-state index contributed by atoms with van der Waals surface area (Å²) in [5.41, 5.74) is 0.776. The molecular weight excluding hydrogens is 374 g/mol. The number of rotatable bonds is 4. The Hall–Kier alpha value is -1.89. The summed E-state index contributed by atoms with van der Waals surface area (Å²) >= 11 is 3.39. The minimum Gasteiger partial charge on any atom is -0.347 e. The summed E-state index contributed by atoms with van der Waals surface area (Å²) in [6.07, 6.45) is 2.23. The number of nitrogens with zero attached hydrogens (tertiary/aromatic N) is 2. The van der Waals surface area contributed by atoms with Gasteiger partial charge in [0.2, 0.25) is 17.7 Å². The van der Waals surface area contributed by atoms with Crippen molar-refractivity contribution in [2.24, 2.45) is 5.92 Å². The molecule has 0 saturated carbocycles. The molecule has 7 heteroatoms. The van der Waals surface area contributed by atoms with Gasteiger partial charge in [-0.1, -0.05) is 22.0 Å². The van der Waals surface area contributed by atoms with E-state index < -0.39 is 5.92 Å². The molecule has 3 amide bonds. The summed E-state index contributed by atoms with van der Waals surface area (Å²) in [6, 6.07) is 7.45. The molecule has 1 aromatic rings. The second kappa shape index (κ2) is 7.34. The molecule has 2 saturated heterocycles. The van der Waals surface area contributed by atoms with Gasteiger partial charge in [0.25, 0.3) is 0 Å². The lowest BCUT2D eigenvalue weighted by molar-refractivity contribution is -0.133. The standard InChI is InChI=1S/C17H20BrN3O3/c18-13-4-3-5-14(9-13)21-11-12(8-15(21)22)17(24)19-10-16(23)20-6-1-2-7-20/h3-5,9,12H,1-2,6-8,10-11H2,(H,19,24). The average molecular weight is 394 g/mol. The van der Waals surface area contributed by atoms with Crippen molar-refractivity contribution >= 4 is 39.3 Å². The zero-order valence-electron chi connectivity index (χ0n) is 13.3. The van der Waals surface area contributed by atoms with E-state index in [4.69, 9.17) is 0 Å². The van der Waals surface area contributed by atoms with Crippen LogP contribution in [0.25, 0.3) is 0 Å². The summed E-state index contributed by atoms with van der Waals surface area (Å²) in [6.45, 7) is 1.90. The molecule has 1 unspecified atom stereocenters. The predicted molar refractivity (Wildman–Crippen MR) is 93.4 cm³/mol. The van der Waals surface area contributed by atoms with Gasteiger partial charge in [-0.25, -0.2) is 0 Å². The van der Waals surface area contributed by atoms with Crippen molar-refractivity contribution in [1.82, 2.24) is 10.2 Å². The van der Waals surface area contributed by atoms with Crippen LogP contribution < -0.4 is 10.2 Å². The largest absolute Gasteiger partial charge is 0.347 e. The second-order valence-electron chi connectivity index (χ2n) is 6.19. The van der Waals surface area contributed by atoms with Crippen molar-refractivity contribution in [3.63, 3.8) is 0 Å². The Morgan fingerprint density at radius 3 is 2.71 bits per heavy atom. The number of nitrogens with one attached hydrogen (secondary N) is 1. The first-order chi connectivity index (χ1) is 11.5. The number of hydrogen-bond acceptors (Lipinski definition) is 3. The monoisotopic (exact) mass is 393 g/mol. The van der Waals surface area contributed by atoms with Crippen molar-refractivity contribution in [2.45, 2.75) is 19.3 Å². The van der Waals surface area contributed by atoms with Gasteiger partial charge in [-0.15, -0.1) is 0 Å². The zero-order chi connectivity index (χ0) is 17.1. The van der Waals surface area contributed by atoms with Gasteiger partial charge in [0, 0.05) is 36.2 Å². The maximum atomic E-state index is 12.3. The highest BCUT2D eigenvalue weighted by Gasteiger charge is 2.35. The highest BCUT2D eigenvalue weighted by Crippen LogP contribution is 2.27. The smallest absolute Gasteiger partial charge is 0.241 e. The van der Waals surface area contributed by atoms with Gasteiger partial charge >= 0.3 is 0 Å². The first-order valence-corrected chi connectivity index (χ1v) is 8.95. The fraction of sp³-hybridized carbons (Fsp3) is 0.471. The van der Waals surface area contributed by atoms with Crippen LogP contribution in [0.4, 0.5) is 5.69 Å². The number of likely N-dealkylation sites (tertiary alicyclic amines) is 1. The number of halogens is 1. The molecule has 0 bridgehead atoms. The van der Waals surface area contributed by atoms with E-state index in [1.807, 2.05) is 24.3 Å². The van der Waals surface area contributed by atoms with E-state index in [2.05, 4.69) is 21.2 Å². The molecule has 24 heavy (non-hydrogen) atoms. The molecule has 3 rings (SSSR count). The summed E-state index contributed by atoms with van der Waals surface area (Å²) in [5.74, 6) is -0.760. The van der Waals surface area contributed by atoms with E-state index in [-0.39, 0.29) is 30.7 Å². The topological polar surface area (TPSA) is 69.7 Å². The van der Waals surface area contributed by atoms with Crippen LogP contribution in [-0.4, -0.2) is 48.8 Å². The number of carbonyl (C=O) groups excluding carboxylic acids is 3. The van der Waals surface area contributed by atoms with Crippen LogP contribution >= 0.6 is 15.9 Å². The SMILES string of the molecule is O=C(NCC(=O)N1CCCC1)C1CC(=O)N(c2cccc(Br)c2)C1. The minimum absolute atomic E-state index is 0.0143. The molecule has 2 fully saturated rings. The van der Waals surface area contributed by atoms with Gasteiger partial charge in [-0.3, -0.25) is 14.4 Å². The molecule has 0 aliphatic carbocycles. The first-order valence-electron chi connectivity index (χ1n) is 8.16. The fourth-order valence-corrected chi connectivity index (χ4v) is 3.55. The summed E-state index contributed by atoms with van der Waals surface area (Å²) in [4.78, 5) is 39.9. The van der Waals surface area contributed by atoms with Crippen LogP contribution in [0.15, 0.2) is 28.7 Å². The van der Waals surface area contributed by atoms with Crippen molar-refractivity contribution in [1.29, 1.82) is 0 Å². The van der Waals surface area contributed by atoms with Gasteiger partial charge in [0.05, 0.1) is 12.5 Å². The first kappa shape index (κ1) is 17.0. The van der Waals surface area contributed by atoms with Gasteiger partial charge in [0.1, 0.15) is 0 Å². The highest BCUT2D eigenvalue weighted by atomic mass is 79.9. The van der Waals surface area contributed by atoms with Gasteiger partial charge in [-0.2, -0.15) is 0 Å². The predicted octanol–water partition coefficient (Wildman–Crippen LogP) is 1.54. The number of carbonyl (C=O) groups is 3. The Labute approximate surface area is 149 Å². The lowest BCUT2D eigenvalue weighted by atomic mass is 10.1. The Balaban J connectivity index is 1.55. The van der Waals surface area contributed by atoms with Crippen LogP contribution in [0.3, 0.4) is 0 Å². The Morgan fingerprint density at radius 1 is 1.25 bits per heavy atom. The van der Waals surface area contributed by atoms with Crippen molar-refractivity contribution in [3.8, 4) is 0 Å². The highest BCUT2D eigenvalue weighted by molar-refractivity contribution is 9.10. The normalized spacial score (nSPS) is 20.5.